The van der Waals surface area contributed by atoms with Crippen LogP contribution in [-0.4, -0.2) is 39.2 Å². The first-order valence-corrected chi connectivity index (χ1v) is 9.74. The Labute approximate surface area is 178 Å². The van der Waals surface area contributed by atoms with Crippen LogP contribution in [-0.2, 0) is 17.9 Å². The largest absolute Gasteiger partial charge is 0.435 e. The van der Waals surface area contributed by atoms with E-state index in [1.54, 1.807) is 24.1 Å². The second kappa shape index (κ2) is 9.62. The minimum Gasteiger partial charge on any atom is -0.435 e. The van der Waals surface area contributed by atoms with Gasteiger partial charge in [-0.2, -0.15) is 13.9 Å². The summed E-state index contributed by atoms with van der Waals surface area (Å²) in [6.45, 7) is -0.114. The molecule has 0 saturated carbocycles. The number of ether oxygens (including phenoxy) is 1. The van der Waals surface area contributed by atoms with E-state index in [1.807, 2.05) is 35.8 Å². The van der Waals surface area contributed by atoms with Crippen LogP contribution in [0.1, 0.15) is 17.5 Å². The highest BCUT2D eigenvalue weighted by Crippen LogP contribution is 2.19. The Bertz CT molecular complexity index is 1060. The number of nitrogens with zero attached hydrogens (tertiary/aromatic N) is 3. The first-order chi connectivity index (χ1) is 14.3. The predicted molar refractivity (Wildman–Crippen MR) is 112 cm³/mol. The Morgan fingerprint density at radius 2 is 2.00 bits per heavy atom. The third-order valence-electron chi connectivity index (χ3n) is 4.58. The molecule has 6 nitrogen and oxygen atoms in total. The molecule has 158 valence electrons. The maximum Gasteiger partial charge on any atom is 0.387 e. The van der Waals surface area contributed by atoms with Crippen LogP contribution in [0.15, 0.2) is 48.5 Å². The zero-order chi connectivity index (χ0) is 21.7. The predicted octanol–water partition coefficient (Wildman–Crippen LogP) is 4.57. The number of aryl methyl sites for hydroxylation is 1. The van der Waals surface area contributed by atoms with Crippen molar-refractivity contribution in [2.45, 2.75) is 33.0 Å². The summed E-state index contributed by atoms with van der Waals surface area (Å²) in [7, 11) is 1.70. The summed E-state index contributed by atoms with van der Waals surface area (Å²) < 4.78 is 31.1. The molecule has 1 amide bonds. The van der Waals surface area contributed by atoms with Crippen LogP contribution in [0.4, 0.5) is 8.78 Å². The average Bonchev–Trinajstić information content (AvgIpc) is 3.07. The quantitative estimate of drug-likeness (QED) is 0.530. The van der Waals surface area contributed by atoms with Gasteiger partial charge in [-0.05, 0) is 42.9 Å². The topological polar surface area (TPSA) is 63.2 Å². The number of hydrogen-bond acceptors (Lipinski definition) is 4. The van der Waals surface area contributed by atoms with E-state index < -0.39 is 6.61 Å². The second-order valence-electron chi connectivity index (χ2n) is 6.90. The van der Waals surface area contributed by atoms with Crippen LogP contribution in [0, 0.1) is 11.7 Å². The summed E-state index contributed by atoms with van der Waals surface area (Å²) in [5.41, 5.74) is 2.84. The number of H-pyrrole nitrogens is 1. The number of aromatic nitrogens is 3. The van der Waals surface area contributed by atoms with Gasteiger partial charge in [-0.1, -0.05) is 35.9 Å². The van der Waals surface area contributed by atoms with Gasteiger partial charge in [0.1, 0.15) is 5.75 Å². The normalized spacial score (nSPS) is 11.0. The lowest BCUT2D eigenvalue weighted by Gasteiger charge is -2.18. The van der Waals surface area contributed by atoms with E-state index >= 15 is 0 Å². The zero-order valence-corrected chi connectivity index (χ0v) is 17.5. The smallest absolute Gasteiger partial charge is 0.387 e. The van der Waals surface area contributed by atoms with Gasteiger partial charge >= 0.3 is 6.61 Å². The van der Waals surface area contributed by atoms with Crippen molar-refractivity contribution in [3.63, 3.8) is 0 Å². The van der Waals surface area contributed by atoms with Crippen molar-refractivity contribution in [1.82, 2.24) is 19.7 Å². The monoisotopic (exact) mass is 432 g/mol. The van der Waals surface area contributed by atoms with Crippen molar-refractivity contribution in [3.8, 4) is 17.1 Å². The molecule has 0 atom stereocenters. The molecule has 9 heteroatoms. The van der Waals surface area contributed by atoms with E-state index in [0.29, 0.717) is 23.7 Å². The summed E-state index contributed by atoms with van der Waals surface area (Å²) in [6.07, 6.45) is 0.246. The molecule has 1 aromatic heterocycles. The van der Waals surface area contributed by atoms with Gasteiger partial charge in [0.05, 0.1) is 0 Å². The van der Waals surface area contributed by atoms with Crippen LogP contribution < -0.4 is 4.74 Å². The molecular weight excluding hydrogens is 410 g/mol. The SMILES string of the molecule is Cc1cccc(-c2n[nH]c(=S)n2CCC(=O)N(C)Cc2ccc(OC(F)F)cc2)c1. The summed E-state index contributed by atoms with van der Waals surface area (Å²) in [5.74, 6) is 0.704. The van der Waals surface area contributed by atoms with Crippen LogP contribution in [0.2, 0.25) is 0 Å². The molecule has 0 bridgehead atoms. The maximum absolute atomic E-state index is 12.6. The van der Waals surface area contributed by atoms with Gasteiger partial charge in [0.15, 0.2) is 10.6 Å². The minimum absolute atomic E-state index is 0.0683. The van der Waals surface area contributed by atoms with Gasteiger partial charge in [0.25, 0.3) is 0 Å². The van der Waals surface area contributed by atoms with Crippen molar-refractivity contribution in [2.75, 3.05) is 7.05 Å². The standard InChI is InChI=1S/C21H22F2N4O2S/c1-14-4-3-5-16(12-14)19-24-25-21(30)27(19)11-10-18(28)26(2)13-15-6-8-17(9-7-15)29-20(22)23/h3-9,12,20H,10-11,13H2,1-2H3,(H,25,30). The zero-order valence-electron chi connectivity index (χ0n) is 16.6. The number of rotatable bonds is 8. The van der Waals surface area contributed by atoms with E-state index in [2.05, 4.69) is 14.9 Å². The highest BCUT2D eigenvalue weighted by atomic mass is 32.1. The summed E-state index contributed by atoms with van der Waals surface area (Å²) in [4.78, 5) is 14.2. The number of carbonyl (C=O) groups excluding carboxylic acids is 1. The fourth-order valence-electron chi connectivity index (χ4n) is 3.07. The Kier molecular flexibility index (Phi) is 6.94. The molecular formula is C21H22F2N4O2S. The maximum atomic E-state index is 12.6. The van der Waals surface area contributed by atoms with Gasteiger partial charge in [0.2, 0.25) is 5.91 Å². The number of hydrogen-bond donors (Lipinski definition) is 1. The van der Waals surface area contributed by atoms with Gasteiger partial charge < -0.3 is 9.64 Å². The number of amides is 1. The molecule has 0 unspecified atom stereocenters. The van der Waals surface area contributed by atoms with Crippen LogP contribution >= 0.6 is 12.2 Å². The molecule has 30 heavy (non-hydrogen) atoms. The Hall–Kier alpha value is -3.07. The third-order valence-corrected chi connectivity index (χ3v) is 4.89. The fourth-order valence-corrected chi connectivity index (χ4v) is 3.29. The number of nitrogens with one attached hydrogen (secondary N) is 1. The average molecular weight is 432 g/mol. The lowest BCUT2D eigenvalue weighted by atomic mass is 10.1. The summed E-state index contributed by atoms with van der Waals surface area (Å²) >= 11 is 5.33. The van der Waals surface area contributed by atoms with Crippen molar-refractivity contribution in [3.05, 3.63) is 64.4 Å². The fraction of sp³-hybridized carbons (Fsp3) is 0.286. The van der Waals surface area contributed by atoms with E-state index in [9.17, 15) is 13.6 Å². The van der Waals surface area contributed by atoms with Crippen molar-refractivity contribution < 1.29 is 18.3 Å². The van der Waals surface area contributed by atoms with E-state index in [1.165, 1.54) is 12.1 Å². The third kappa shape index (κ3) is 5.50. The van der Waals surface area contributed by atoms with Crippen LogP contribution in [0.3, 0.4) is 0 Å². The molecule has 1 heterocycles. The molecule has 3 aromatic rings. The molecule has 0 fully saturated rings. The Morgan fingerprint density at radius 1 is 1.27 bits per heavy atom. The number of carbonyl (C=O) groups is 1. The van der Waals surface area contributed by atoms with E-state index in [-0.39, 0.29) is 18.1 Å². The Balaban J connectivity index is 1.62. The number of halogens is 2. The number of benzene rings is 2. The van der Waals surface area contributed by atoms with E-state index in [0.717, 1.165) is 16.7 Å². The highest BCUT2D eigenvalue weighted by molar-refractivity contribution is 7.71. The molecule has 0 aliphatic heterocycles. The summed E-state index contributed by atoms with van der Waals surface area (Å²) in [6, 6.07) is 14.1. The van der Waals surface area contributed by atoms with Crippen molar-refractivity contribution >= 4 is 18.1 Å². The molecule has 3 rings (SSSR count). The first kappa shape index (κ1) is 21.6. The molecule has 1 N–H and O–H groups in total. The van der Waals surface area contributed by atoms with Gasteiger partial charge in [-0.15, -0.1) is 0 Å². The van der Waals surface area contributed by atoms with E-state index in [4.69, 9.17) is 12.2 Å². The lowest BCUT2D eigenvalue weighted by Crippen LogP contribution is -2.27. The molecule has 2 aromatic carbocycles. The van der Waals surface area contributed by atoms with Gasteiger partial charge in [-0.3, -0.25) is 14.5 Å². The van der Waals surface area contributed by atoms with Crippen molar-refractivity contribution in [2.24, 2.45) is 0 Å². The highest BCUT2D eigenvalue weighted by Gasteiger charge is 2.14. The number of alkyl halides is 2. The molecule has 0 aliphatic rings. The summed E-state index contributed by atoms with van der Waals surface area (Å²) in [5, 5.41) is 7.09. The second-order valence-corrected chi connectivity index (χ2v) is 7.28. The molecule has 0 saturated heterocycles. The van der Waals surface area contributed by atoms with Gasteiger partial charge in [-0.25, -0.2) is 0 Å². The van der Waals surface area contributed by atoms with Crippen molar-refractivity contribution in [1.29, 1.82) is 0 Å². The van der Waals surface area contributed by atoms with Crippen LogP contribution in [0.5, 0.6) is 5.75 Å². The number of aromatic amines is 1. The molecule has 0 radical (unpaired) electrons. The minimum atomic E-state index is -2.86. The lowest BCUT2D eigenvalue weighted by molar-refractivity contribution is -0.130. The first-order valence-electron chi connectivity index (χ1n) is 9.33. The van der Waals surface area contributed by atoms with Crippen LogP contribution in [0.25, 0.3) is 11.4 Å². The Morgan fingerprint density at radius 3 is 2.67 bits per heavy atom. The van der Waals surface area contributed by atoms with Gasteiger partial charge in [0, 0.05) is 32.1 Å². The molecule has 0 spiro atoms. The molecule has 0 aliphatic carbocycles.